The first kappa shape index (κ1) is 25.5. The Morgan fingerprint density at radius 2 is 1.11 bits per heavy atom. The van der Waals surface area contributed by atoms with Crippen molar-refractivity contribution in [3.05, 3.63) is 152 Å². The zero-order valence-corrected chi connectivity index (χ0v) is 25.5. The summed E-state index contributed by atoms with van der Waals surface area (Å²) in [5, 5.41) is 8.55. The highest BCUT2D eigenvalue weighted by Gasteiger charge is 2.17. The van der Waals surface area contributed by atoms with Crippen molar-refractivity contribution >= 4 is 75.0 Å². The van der Waals surface area contributed by atoms with Crippen molar-refractivity contribution in [1.82, 2.24) is 14.5 Å². The Balaban J connectivity index is 1.10. The van der Waals surface area contributed by atoms with Crippen molar-refractivity contribution < 1.29 is 0 Å². The number of nitrogens with zero attached hydrogens (tertiary/aromatic N) is 3. The van der Waals surface area contributed by atoms with E-state index in [-0.39, 0.29) is 0 Å². The van der Waals surface area contributed by atoms with Crippen LogP contribution in [-0.4, -0.2) is 14.5 Å². The van der Waals surface area contributed by atoms with Gasteiger partial charge in [0.1, 0.15) is 0 Å². The van der Waals surface area contributed by atoms with Crippen molar-refractivity contribution in [3.63, 3.8) is 0 Å². The van der Waals surface area contributed by atoms with Crippen LogP contribution in [0.3, 0.4) is 0 Å². The number of hydrogen-bond donors (Lipinski definition) is 0. The highest BCUT2D eigenvalue weighted by Crippen LogP contribution is 2.39. The highest BCUT2D eigenvalue weighted by molar-refractivity contribution is 7.25. The molecule has 0 saturated heterocycles. The molecule has 46 heavy (non-hydrogen) atoms. The molecular formula is C42H25N3S. The third-order valence-electron chi connectivity index (χ3n) is 9.26. The number of aromatic nitrogens is 3. The molecule has 0 aliphatic carbocycles. The fourth-order valence-electron chi connectivity index (χ4n) is 7.01. The lowest BCUT2D eigenvalue weighted by Crippen LogP contribution is -2.00. The molecule has 0 unspecified atom stereocenters. The van der Waals surface area contributed by atoms with E-state index in [4.69, 9.17) is 9.97 Å². The van der Waals surface area contributed by atoms with Crippen LogP contribution in [0.2, 0.25) is 0 Å². The first-order chi connectivity index (χ1) is 22.8. The number of fused-ring (bicyclic) bond motifs is 9. The maximum absolute atomic E-state index is 4.98. The summed E-state index contributed by atoms with van der Waals surface area (Å²) < 4.78 is 4.87. The van der Waals surface area contributed by atoms with Gasteiger partial charge in [-0.1, -0.05) is 103 Å². The number of para-hydroxylation sites is 2. The van der Waals surface area contributed by atoms with Crippen LogP contribution in [0.5, 0.6) is 0 Å². The predicted molar refractivity (Wildman–Crippen MR) is 195 cm³/mol. The van der Waals surface area contributed by atoms with Crippen LogP contribution in [0.25, 0.3) is 91.9 Å². The van der Waals surface area contributed by atoms with Crippen LogP contribution in [0.4, 0.5) is 0 Å². The Morgan fingerprint density at radius 3 is 1.98 bits per heavy atom. The maximum Gasteiger partial charge on any atom is 0.235 e. The molecule has 3 aromatic heterocycles. The lowest BCUT2D eigenvalue weighted by Gasteiger charge is -2.09. The van der Waals surface area contributed by atoms with Gasteiger partial charge in [-0.25, -0.2) is 9.97 Å². The molecule has 0 atom stereocenters. The molecule has 0 bridgehead atoms. The second-order valence-electron chi connectivity index (χ2n) is 11.9. The summed E-state index contributed by atoms with van der Waals surface area (Å²) in [5.74, 6) is 0.685. The molecule has 0 aliphatic rings. The standard InChI is InChI=1S/C42H25N3S/c1-4-10-36-31(7-1)25-43-42(44-36)45-37-11-5-2-9-33(37)41-34-23-29(18-17-28(34)19-21-38(41)45)26-13-15-27(16-14-26)30-20-22-40-35(24-30)32-8-3-6-12-39(32)46-40/h1-25H. The Bertz CT molecular complexity index is 2810. The molecule has 214 valence electrons. The Labute approximate surface area is 268 Å². The van der Waals surface area contributed by atoms with Gasteiger partial charge in [0, 0.05) is 42.5 Å². The first-order valence-electron chi connectivity index (χ1n) is 15.5. The van der Waals surface area contributed by atoms with Gasteiger partial charge in [0.05, 0.1) is 16.6 Å². The average molecular weight is 604 g/mol. The number of thiophene rings is 1. The number of hydrogen-bond acceptors (Lipinski definition) is 3. The zero-order chi connectivity index (χ0) is 30.2. The van der Waals surface area contributed by atoms with Crippen LogP contribution in [0, 0.1) is 0 Å². The van der Waals surface area contributed by atoms with Gasteiger partial charge in [-0.3, -0.25) is 4.57 Å². The molecule has 0 aliphatic heterocycles. The van der Waals surface area contributed by atoms with Crippen molar-refractivity contribution in [2.75, 3.05) is 0 Å². The molecule has 0 spiro atoms. The van der Waals surface area contributed by atoms with Crippen LogP contribution < -0.4 is 0 Å². The second-order valence-corrected chi connectivity index (χ2v) is 12.9. The highest BCUT2D eigenvalue weighted by atomic mass is 32.1. The third kappa shape index (κ3) is 3.84. The molecule has 0 fully saturated rings. The molecule has 10 rings (SSSR count). The van der Waals surface area contributed by atoms with E-state index < -0.39 is 0 Å². The molecule has 3 heterocycles. The van der Waals surface area contributed by atoms with E-state index in [1.807, 2.05) is 35.7 Å². The number of rotatable bonds is 3. The Kier molecular flexibility index (Phi) is 5.45. The lowest BCUT2D eigenvalue weighted by molar-refractivity contribution is 1.01. The third-order valence-corrected chi connectivity index (χ3v) is 10.4. The fraction of sp³-hybridized carbons (Fsp3) is 0. The van der Waals surface area contributed by atoms with Gasteiger partial charge < -0.3 is 0 Å². The van der Waals surface area contributed by atoms with Crippen molar-refractivity contribution in [1.29, 1.82) is 0 Å². The summed E-state index contributed by atoms with van der Waals surface area (Å²) in [6, 6.07) is 52.5. The molecule has 0 amide bonds. The zero-order valence-electron chi connectivity index (χ0n) is 24.7. The summed E-state index contributed by atoms with van der Waals surface area (Å²) in [6.07, 6.45) is 1.92. The van der Waals surface area contributed by atoms with Crippen molar-refractivity contribution in [2.24, 2.45) is 0 Å². The summed E-state index contributed by atoms with van der Waals surface area (Å²) in [6.45, 7) is 0. The largest absolute Gasteiger partial charge is 0.278 e. The molecule has 4 heteroatoms. The SMILES string of the molecule is c1ccc2nc(-n3c4ccccc4c4c5cc(-c6ccc(-c7ccc8sc9ccccc9c8c7)cc6)ccc5ccc43)ncc2c1. The van der Waals surface area contributed by atoms with Crippen LogP contribution in [0.15, 0.2) is 152 Å². The summed E-state index contributed by atoms with van der Waals surface area (Å²) in [4.78, 5) is 9.79. The topological polar surface area (TPSA) is 30.7 Å². The smallest absolute Gasteiger partial charge is 0.235 e. The minimum absolute atomic E-state index is 0.685. The van der Waals surface area contributed by atoms with Gasteiger partial charge in [-0.05, 0) is 75.5 Å². The van der Waals surface area contributed by atoms with E-state index in [1.54, 1.807) is 0 Å². The molecular weight excluding hydrogens is 579 g/mol. The molecule has 10 aromatic rings. The van der Waals surface area contributed by atoms with E-state index in [0.29, 0.717) is 5.95 Å². The maximum atomic E-state index is 4.98. The molecule has 0 radical (unpaired) electrons. The van der Waals surface area contributed by atoms with Gasteiger partial charge >= 0.3 is 0 Å². The van der Waals surface area contributed by atoms with Gasteiger partial charge in [-0.15, -0.1) is 11.3 Å². The monoisotopic (exact) mass is 603 g/mol. The van der Waals surface area contributed by atoms with E-state index in [0.717, 1.165) is 21.9 Å². The van der Waals surface area contributed by atoms with E-state index in [1.165, 1.54) is 64.0 Å². The molecule has 3 nitrogen and oxygen atoms in total. The second kappa shape index (κ2) is 9.83. The summed E-state index contributed by atoms with van der Waals surface area (Å²) >= 11 is 1.86. The van der Waals surface area contributed by atoms with E-state index >= 15 is 0 Å². The first-order valence-corrected chi connectivity index (χ1v) is 16.3. The van der Waals surface area contributed by atoms with Crippen LogP contribution in [0.1, 0.15) is 0 Å². The van der Waals surface area contributed by atoms with Crippen molar-refractivity contribution in [2.45, 2.75) is 0 Å². The minimum atomic E-state index is 0.685. The quantitative estimate of drug-likeness (QED) is 0.201. The lowest BCUT2D eigenvalue weighted by atomic mass is 9.96. The van der Waals surface area contributed by atoms with Gasteiger partial charge in [-0.2, -0.15) is 0 Å². The van der Waals surface area contributed by atoms with E-state index in [9.17, 15) is 0 Å². The number of benzene rings is 7. The van der Waals surface area contributed by atoms with Gasteiger partial charge in [0.2, 0.25) is 5.95 Å². The molecule has 7 aromatic carbocycles. The van der Waals surface area contributed by atoms with Crippen LogP contribution in [-0.2, 0) is 0 Å². The average Bonchev–Trinajstić information content (AvgIpc) is 3.67. The van der Waals surface area contributed by atoms with Crippen LogP contribution >= 0.6 is 11.3 Å². The molecule has 0 saturated carbocycles. The summed E-state index contributed by atoms with van der Waals surface area (Å²) in [5.41, 5.74) is 8.01. The minimum Gasteiger partial charge on any atom is -0.278 e. The molecule has 0 N–H and O–H groups in total. The Hall–Kier alpha value is -5.84. The van der Waals surface area contributed by atoms with Gasteiger partial charge in [0.15, 0.2) is 0 Å². The Morgan fingerprint density at radius 1 is 0.457 bits per heavy atom. The predicted octanol–water partition coefficient (Wildman–Crippen LogP) is 11.6. The normalized spacial score (nSPS) is 11.9. The van der Waals surface area contributed by atoms with E-state index in [2.05, 4.69) is 132 Å². The van der Waals surface area contributed by atoms with Gasteiger partial charge in [0.25, 0.3) is 0 Å². The van der Waals surface area contributed by atoms with Crippen molar-refractivity contribution in [3.8, 4) is 28.2 Å². The summed E-state index contributed by atoms with van der Waals surface area (Å²) in [7, 11) is 0. The fourth-order valence-corrected chi connectivity index (χ4v) is 8.10.